The van der Waals surface area contributed by atoms with Crippen LogP contribution >= 0.6 is 0 Å². The number of carbonyl (C=O) groups is 1. The van der Waals surface area contributed by atoms with Gasteiger partial charge in [0.1, 0.15) is 18.9 Å². The average molecular weight is 359 g/mol. The molecule has 0 aliphatic carbocycles. The summed E-state index contributed by atoms with van der Waals surface area (Å²) in [6.07, 6.45) is 4.83. The zero-order valence-electron chi connectivity index (χ0n) is 14.4. The van der Waals surface area contributed by atoms with Crippen LogP contribution in [-0.2, 0) is 17.8 Å². The minimum absolute atomic E-state index is 0.146. The Labute approximate surface area is 155 Å². The van der Waals surface area contributed by atoms with Crippen LogP contribution in [-0.4, -0.2) is 25.7 Å². The molecule has 0 saturated heterocycles. The third-order valence-corrected chi connectivity index (χ3v) is 3.96. The molecule has 7 heteroatoms. The van der Waals surface area contributed by atoms with Gasteiger partial charge in [-0.3, -0.25) is 4.79 Å². The summed E-state index contributed by atoms with van der Waals surface area (Å²) in [5.74, 6) is 0.364. The molecule has 1 N–H and O–H groups in total. The van der Waals surface area contributed by atoms with Crippen molar-refractivity contribution in [1.82, 2.24) is 19.7 Å². The summed E-state index contributed by atoms with van der Waals surface area (Å²) in [4.78, 5) is 20.5. The fraction of sp³-hybridized carbons (Fsp3) is 0.100. The van der Waals surface area contributed by atoms with E-state index in [4.69, 9.17) is 4.42 Å². The Morgan fingerprint density at radius 3 is 2.63 bits per heavy atom. The molecule has 2 heterocycles. The molecular weight excluding hydrogens is 342 g/mol. The normalized spacial score (nSPS) is 10.7. The maximum Gasteiger partial charge on any atom is 0.230 e. The van der Waals surface area contributed by atoms with Crippen LogP contribution in [0.4, 0.5) is 5.69 Å². The summed E-state index contributed by atoms with van der Waals surface area (Å²) in [7, 11) is 0. The number of rotatable bonds is 6. The van der Waals surface area contributed by atoms with Gasteiger partial charge in [-0.05, 0) is 29.8 Å². The maximum absolute atomic E-state index is 12.3. The molecule has 0 spiro atoms. The molecule has 0 atom stereocenters. The number of oxazole rings is 1. The Kier molecular flexibility index (Phi) is 4.74. The van der Waals surface area contributed by atoms with Crippen molar-refractivity contribution in [1.29, 1.82) is 0 Å². The number of aromatic nitrogens is 4. The van der Waals surface area contributed by atoms with Gasteiger partial charge >= 0.3 is 0 Å². The van der Waals surface area contributed by atoms with Gasteiger partial charge in [-0.1, -0.05) is 30.3 Å². The quantitative estimate of drug-likeness (QED) is 0.571. The van der Waals surface area contributed by atoms with Gasteiger partial charge in [0.25, 0.3) is 0 Å². The third kappa shape index (κ3) is 4.27. The molecule has 7 nitrogen and oxygen atoms in total. The second-order valence-electron chi connectivity index (χ2n) is 6.02. The number of hydrogen-bond donors (Lipinski definition) is 1. The van der Waals surface area contributed by atoms with Crippen molar-refractivity contribution < 1.29 is 9.21 Å². The molecule has 134 valence electrons. The van der Waals surface area contributed by atoms with Gasteiger partial charge in [0.15, 0.2) is 0 Å². The third-order valence-electron chi connectivity index (χ3n) is 3.96. The number of nitrogens with zero attached hydrogens (tertiary/aromatic N) is 4. The van der Waals surface area contributed by atoms with E-state index in [9.17, 15) is 4.79 Å². The largest absolute Gasteiger partial charge is 0.444 e. The second kappa shape index (κ2) is 7.65. The van der Waals surface area contributed by atoms with E-state index in [1.807, 2.05) is 54.6 Å². The second-order valence-corrected chi connectivity index (χ2v) is 6.02. The fourth-order valence-corrected chi connectivity index (χ4v) is 2.67. The lowest BCUT2D eigenvalue weighted by Gasteiger charge is -2.06. The van der Waals surface area contributed by atoms with Gasteiger partial charge in [-0.15, -0.1) is 0 Å². The first kappa shape index (κ1) is 16.7. The molecule has 0 radical (unpaired) electrons. The lowest BCUT2D eigenvalue weighted by Crippen LogP contribution is -2.14. The molecule has 0 unspecified atom stereocenters. The van der Waals surface area contributed by atoms with Crippen molar-refractivity contribution in [3.8, 4) is 11.5 Å². The summed E-state index contributed by atoms with van der Waals surface area (Å²) < 4.78 is 7.20. The predicted molar refractivity (Wildman–Crippen MR) is 99.8 cm³/mol. The molecule has 0 aliphatic rings. The minimum Gasteiger partial charge on any atom is -0.444 e. The molecule has 4 aromatic rings. The van der Waals surface area contributed by atoms with Crippen LogP contribution in [0.15, 0.2) is 77.9 Å². The highest BCUT2D eigenvalue weighted by Gasteiger charge is 2.10. The van der Waals surface area contributed by atoms with E-state index in [0.29, 0.717) is 18.1 Å². The van der Waals surface area contributed by atoms with Crippen LogP contribution in [0.25, 0.3) is 11.5 Å². The van der Waals surface area contributed by atoms with Gasteiger partial charge in [0.05, 0.1) is 18.7 Å². The first-order valence-corrected chi connectivity index (χ1v) is 8.47. The predicted octanol–water partition coefficient (Wildman–Crippen LogP) is 3.16. The fourth-order valence-electron chi connectivity index (χ4n) is 2.67. The van der Waals surface area contributed by atoms with E-state index in [1.165, 1.54) is 12.6 Å². The SMILES string of the molecule is O=C(Cc1coc(-c2ccccc2)n1)Nc1ccc(Cn2cncn2)cc1. The van der Waals surface area contributed by atoms with Crippen LogP contribution in [0.3, 0.4) is 0 Å². The standard InChI is InChI=1S/C20H17N5O2/c26-19(10-18-12-27-20(24-18)16-4-2-1-3-5-16)23-17-8-6-15(7-9-17)11-25-14-21-13-22-25/h1-9,12-14H,10-11H2,(H,23,26). The van der Waals surface area contributed by atoms with Gasteiger partial charge in [-0.25, -0.2) is 14.6 Å². The van der Waals surface area contributed by atoms with Gasteiger partial charge in [0.2, 0.25) is 11.8 Å². The maximum atomic E-state index is 12.3. The topological polar surface area (TPSA) is 85.8 Å². The lowest BCUT2D eigenvalue weighted by molar-refractivity contribution is -0.115. The van der Waals surface area contributed by atoms with E-state index >= 15 is 0 Å². The van der Waals surface area contributed by atoms with Crippen LogP contribution in [0.5, 0.6) is 0 Å². The first-order valence-electron chi connectivity index (χ1n) is 8.47. The summed E-state index contributed by atoms with van der Waals surface area (Å²) in [5.41, 5.74) is 3.28. The molecule has 1 amide bonds. The van der Waals surface area contributed by atoms with E-state index in [1.54, 1.807) is 11.0 Å². The van der Waals surface area contributed by atoms with E-state index < -0.39 is 0 Å². The Morgan fingerprint density at radius 1 is 1.07 bits per heavy atom. The minimum atomic E-state index is -0.146. The van der Waals surface area contributed by atoms with Crippen molar-refractivity contribution in [3.05, 3.63) is 84.8 Å². The number of amides is 1. The monoisotopic (exact) mass is 359 g/mol. The van der Waals surface area contributed by atoms with Crippen molar-refractivity contribution in [2.45, 2.75) is 13.0 Å². The van der Waals surface area contributed by atoms with Gasteiger partial charge < -0.3 is 9.73 Å². The van der Waals surface area contributed by atoms with Crippen LogP contribution in [0.2, 0.25) is 0 Å². The number of carbonyl (C=O) groups excluding carboxylic acids is 1. The number of nitrogens with one attached hydrogen (secondary N) is 1. The molecule has 0 aliphatic heterocycles. The molecule has 27 heavy (non-hydrogen) atoms. The highest BCUT2D eigenvalue weighted by atomic mass is 16.3. The average Bonchev–Trinajstić information content (AvgIpc) is 3.36. The highest BCUT2D eigenvalue weighted by Crippen LogP contribution is 2.18. The molecule has 0 saturated carbocycles. The van der Waals surface area contributed by atoms with Crippen molar-refractivity contribution in [2.75, 3.05) is 5.32 Å². The molecule has 4 rings (SSSR count). The Bertz CT molecular complexity index is 1010. The molecule has 2 aromatic carbocycles. The Morgan fingerprint density at radius 2 is 1.89 bits per heavy atom. The zero-order chi connectivity index (χ0) is 18.5. The summed E-state index contributed by atoms with van der Waals surface area (Å²) in [5, 5.41) is 6.94. The molecule has 2 aromatic heterocycles. The van der Waals surface area contributed by atoms with Gasteiger partial charge in [-0.2, -0.15) is 5.10 Å². The van der Waals surface area contributed by atoms with Crippen LogP contribution in [0.1, 0.15) is 11.3 Å². The smallest absolute Gasteiger partial charge is 0.230 e. The summed E-state index contributed by atoms with van der Waals surface area (Å²) in [6.45, 7) is 0.634. The van der Waals surface area contributed by atoms with Crippen molar-refractivity contribution >= 4 is 11.6 Å². The lowest BCUT2D eigenvalue weighted by atomic mass is 10.2. The summed E-state index contributed by atoms with van der Waals surface area (Å²) in [6, 6.07) is 17.2. The number of anilines is 1. The Balaban J connectivity index is 1.35. The zero-order valence-corrected chi connectivity index (χ0v) is 14.4. The Hall–Kier alpha value is -3.74. The van der Waals surface area contributed by atoms with Gasteiger partial charge in [0, 0.05) is 11.3 Å². The summed E-state index contributed by atoms with van der Waals surface area (Å²) >= 11 is 0. The number of hydrogen-bond acceptors (Lipinski definition) is 5. The highest BCUT2D eigenvalue weighted by molar-refractivity contribution is 5.92. The van der Waals surface area contributed by atoms with Crippen LogP contribution in [0, 0.1) is 0 Å². The molecular formula is C20H17N5O2. The first-order chi connectivity index (χ1) is 13.3. The molecule has 0 bridgehead atoms. The van der Waals surface area contributed by atoms with Crippen molar-refractivity contribution in [2.24, 2.45) is 0 Å². The van der Waals surface area contributed by atoms with E-state index in [0.717, 1.165) is 16.8 Å². The van der Waals surface area contributed by atoms with E-state index in [2.05, 4.69) is 20.4 Å². The molecule has 0 fully saturated rings. The van der Waals surface area contributed by atoms with Crippen LogP contribution < -0.4 is 5.32 Å². The number of benzene rings is 2. The van der Waals surface area contributed by atoms with Crippen molar-refractivity contribution in [3.63, 3.8) is 0 Å². The van der Waals surface area contributed by atoms with E-state index in [-0.39, 0.29) is 12.3 Å².